The molecule has 138 valence electrons. The Balaban J connectivity index is 1.36. The highest BCUT2D eigenvalue weighted by Crippen LogP contribution is 2.30. The van der Waals surface area contributed by atoms with Crippen molar-refractivity contribution in [3.05, 3.63) is 60.0 Å². The molecule has 5 rings (SSSR count). The Labute approximate surface area is 161 Å². The number of pyridine rings is 1. The van der Waals surface area contributed by atoms with Gasteiger partial charge < -0.3 is 14.8 Å². The van der Waals surface area contributed by atoms with Crippen LogP contribution >= 0.6 is 11.3 Å². The summed E-state index contributed by atoms with van der Waals surface area (Å²) in [6.45, 7) is 0. The summed E-state index contributed by atoms with van der Waals surface area (Å²) in [7, 11) is 0. The molecule has 1 aliphatic rings. The van der Waals surface area contributed by atoms with Gasteiger partial charge in [-0.25, -0.2) is 9.97 Å². The fourth-order valence-electron chi connectivity index (χ4n) is 3.86. The minimum Gasteiger partial charge on any atom is -0.391 e. The van der Waals surface area contributed by atoms with Crippen molar-refractivity contribution in [1.82, 2.24) is 14.4 Å². The van der Waals surface area contributed by atoms with Gasteiger partial charge in [0, 0.05) is 18.8 Å². The molecule has 3 heterocycles. The summed E-state index contributed by atoms with van der Waals surface area (Å²) in [4.78, 5) is 9.39. The van der Waals surface area contributed by atoms with E-state index in [1.807, 2.05) is 24.4 Å². The Morgan fingerprint density at radius 1 is 1.15 bits per heavy atom. The molecule has 0 bridgehead atoms. The number of thiazole rings is 1. The topological polar surface area (TPSA) is 62.5 Å². The molecule has 0 radical (unpaired) electrons. The highest BCUT2D eigenvalue weighted by Gasteiger charge is 2.23. The lowest BCUT2D eigenvalue weighted by atomic mass is 9.93. The van der Waals surface area contributed by atoms with Crippen molar-refractivity contribution in [2.75, 3.05) is 5.32 Å². The normalized spacial score (nSPS) is 20.3. The standard InChI is InChI=1S/C21H22N4OS/c26-18-6-2-1-5-16(18)23-21-24-17-9-8-14(12-19(17)27-21)11-15-13-25-10-4-3-7-20(25)22-15/h3-4,7-10,12-13,16,18,26H,1-2,5-6,11H2,(H,23,24). The molecule has 5 nitrogen and oxygen atoms in total. The number of aliphatic hydroxyl groups is 1. The molecule has 0 saturated heterocycles. The predicted octanol–water partition coefficient (Wildman–Crippen LogP) is 4.25. The van der Waals surface area contributed by atoms with Crippen molar-refractivity contribution < 1.29 is 5.11 Å². The predicted molar refractivity (Wildman–Crippen MR) is 110 cm³/mol. The van der Waals surface area contributed by atoms with Crippen molar-refractivity contribution in [2.24, 2.45) is 0 Å². The largest absolute Gasteiger partial charge is 0.391 e. The second-order valence-corrected chi connectivity index (χ2v) is 8.33. The number of anilines is 1. The smallest absolute Gasteiger partial charge is 0.184 e. The van der Waals surface area contributed by atoms with Crippen LogP contribution in [0.3, 0.4) is 0 Å². The van der Waals surface area contributed by atoms with Gasteiger partial charge in [0.15, 0.2) is 5.13 Å². The van der Waals surface area contributed by atoms with Crippen molar-refractivity contribution in [3.63, 3.8) is 0 Å². The molecule has 4 aromatic rings. The van der Waals surface area contributed by atoms with Crippen LogP contribution in [-0.2, 0) is 6.42 Å². The van der Waals surface area contributed by atoms with E-state index in [9.17, 15) is 5.11 Å². The molecule has 27 heavy (non-hydrogen) atoms. The maximum atomic E-state index is 10.2. The average molecular weight is 379 g/mol. The van der Waals surface area contributed by atoms with Crippen LogP contribution in [0.5, 0.6) is 0 Å². The van der Waals surface area contributed by atoms with Gasteiger partial charge >= 0.3 is 0 Å². The zero-order chi connectivity index (χ0) is 18.2. The lowest BCUT2D eigenvalue weighted by Gasteiger charge is -2.27. The quantitative estimate of drug-likeness (QED) is 0.557. The molecule has 2 atom stereocenters. The van der Waals surface area contributed by atoms with E-state index >= 15 is 0 Å². The molecule has 0 spiro atoms. The highest BCUT2D eigenvalue weighted by atomic mass is 32.1. The molecule has 2 unspecified atom stereocenters. The second kappa shape index (κ2) is 6.94. The Bertz CT molecular complexity index is 1050. The third kappa shape index (κ3) is 3.42. The van der Waals surface area contributed by atoms with Crippen LogP contribution in [-0.4, -0.2) is 31.6 Å². The van der Waals surface area contributed by atoms with Crippen molar-refractivity contribution in [1.29, 1.82) is 0 Å². The zero-order valence-electron chi connectivity index (χ0n) is 15.0. The lowest BCUT2D eigenvalue weighted by Crippen LogP contribution is -2.36. The molecule has 6 heteroatoms. The van der Waals surface area contributed by atoms with E-state index in [4.69, 9.17) is 4.98 Å². The summed E-state index contributed by atoms with van der Waals surface area (Å²) in [5, 5.41) is 14.5. The first-order valence-electron chi connectivity index (χ1n) is 9.51. The van der Waals surface area contributed by atoms with Gasteiger partial charge in [-0.3, -0.25) is 0 Å². The highest BCUT2D eigenvalue weighted by molar-refractivity contribution is 7.22. The maximum absolute atomic E-state index is 10.2. The lowest BCUT2D eigenvalue weighted by molar-refractivity contribution is 0.116. The third-order valence-electron chi connectivity index (χ3n) is 5.29. The van der Waals surface area contributed by atoms with E-state index in [-0.39, 0.29) is 12.1 Å². The summed E-state index contributed by atoms with van der Waals surface area (Å²) in [6.07, 6.45) is 8.83. The number of imidazole rings is 1. The summed E-state index contributed by atoms with van der Waals surface area (Å²) in [5.41, 5.74) is 4.28. The summed E-state index contributed by atoms with van der Waals surface area (Å²) in [5.74, 6) is 0. The van der Waals surface area contributed by atoms with Crippen molar-refractivity contribution in [3.8, 4) is 0 Å². The molecule has 1 fully saturated rings. The van der Waals surface area contributed by atoms with Gasteiger partial charge in [0.1, 0.15) is 5.65 Å². The number of rotatable bonds is 4. The first kappa shape index (κ1) is 16.7. The van der Waals surface area contributed by atoms with Crippen molar-refractivity contribution in [2.45, 2.75) is 44.2 Å². The van der Waals surface area contributed by atoms with Gasteiger partial charge in [-0.05, 0) is 42.7 Å². The number of fused-ring (bicyclic) bond motifs is 2. The Morgan fingerprint density at radius 3 is 2.96 bits per heavy atom. The van der Waals surface area contributed by atoms with E-state index in [1.165, 1.54) is 16.7 Å². The molecular formula is C21H22N4OS. The van der Waals surface area contributed by atoms with E-state index in [1.54, 1.807) is 11.3 Å². The van der Waals surface area contributed by atoms with E-state index < -0.39 is 0 Å². The van der Waals surface area contributed by atoms with Gasteiger partial charge in [0.05, 0.1) is 28.1 Å². The fraction of sp³-hybridized carbons (Fsp3) is 0.333. The van der Waals surface area contributed by atoms with E-state index in [0.717, 1.165) is 47.7 Å². The molecule has 2 N–H and O–H groups in total. The van der Waals surface area contributed by atoms with Crippen LogP contribution < -0.4 is 5.32 Å². The number of hydrogen-bond donors (Lipinski definition) is 2. The number of nitrogens with zero attached hydrogens (tertiary/aromatic N) is 3. The molecule has 0 amide bonds. The first-order chi connectivity index (χ1) is 13.2. The van der Waals surface area contributed by atoms with E-state index in [2.05, 4.69) is 39.1 Å². The maximum Gasteiger partial charge on any atom is 0.184 e. The van der Waals surface area contributed by atoms with Gasteiger partial charge in [-0.15, -0.1) is 0 Å². The van der Waals surface area contributed by atoms with Gasteiger partial charge in [0.2, 0.25) is 0 Å². The molecule has 0 aliphatic heterocycles. The monoisotopic (exact) mass is 378 g/mol. The Hall–Kier alpha value is -2.44. The Morgan fingerprint density at radius 2 is 2.07 bits per heavy atom. The van der Waals surface area contributed by atoms with Gasteiger partial charge in [0.25, 0.3) is 0 Å². The number of hydrogen-bond acceptors (Lipinski definition) is 5. The summed E-state index contributed by atoms with van der Waals surface area (Å²) in [6, 6.07) is 12.6. The van der Waals surface area contributed by atoms with Gasteiger partial charge in [-0.1, -0.05) is 36.3 Å². The average Bonchev–Trinajstić information content (AvgIpc) is 3.26. The molecule has 3 aromatic heterocycles. The third-order valence-corrected chi connectivity index (χ3v) is 6.24. The Kier molecular flexibility index (Phi) is 4.30. The SMILES string of the molecule is OC1CCCCC1Nc1nc2ccc(Cc3cn4ccccc4n3)cc2s1. The molecule has 1 saturated carbocycles. The zero-order valence-corrected chi connectivity index (χ0v) is 15.8. The van der Waals surface area contributed by atoms with Crippen LogP contribution in [0.4, 0.5) is 5.13 Å². The summed E-state index contributed by atoms with van der Waals surface area (Å²) < 4.78 is 3.22. The number of benzene rings is 1. The fourth-order valence-corrected chi connectivity index (χ4v) is 4.85. The molecule has 1 aromatic carbocycles. The van der Waals surface area contributed by atoms with Gasteiger partial charge in [-0.2, -0.15) is 0 Å². The number of aromatic nitrogens is 3. The first-order valence-corrected chi connectivity index (χ1v) is 10.3. The van der Waals surface area contributed by atoms with Crippen molar-refractivity contribution >= 4 is 32.3 Å². The summed E-state index contributed by atoms with van der Waals surface area (Å²) >= 11 is 1.66. The number of aliphatic hydroxyl groups excluding tert-OH is 1. The van der Waals surface area contributed by atoms with Crippen LogP contribution in [0.25, 0.3) is 15.9 Å². The minimum absolute atomic E-state index is 0.122. The number of nitrogens with one attached hydrogen (secondary N) is 1. The van der Waals surface area contributed by atoms with Crippen LogP contribution in [0, 0.1) is 0 Å². The van der Waals surface area contributed by atoms with Crippen LogP contribution in [0.2, 0.25) is 0 Å². The molecular weight excluding hydrogens is 356 g/mol. The molecule has 1 aliphatic carbocycles. The van der Waals surface area contributed by atoms with Crippen LogP contribution in [0.15, 0.2) is 48.8 Å². The van der Waals surface area contributed by atoms with Crippen LogP contribution in [0.1, 0.15) is 36.9 Å². The second-order valence-electron chi connectivity index (χ2n) is 7.30. The van der Waals surface area contributed by atoms with E-state index in [0.29, 0.717) is 0 Å². The minimum atomic E-state index is -0.267.